The van der Waals surface area contributed by atoms with Gasteiger partial charge in [0.1, 0.15) is 5.54 Å². The van der Waals surface area contributed by atoms with E-state index in [1.54, 1.807) is 6.92 Å². The molecule has 5 heteroatoms. The molecular formula is C14H23N3O2. The molecule has 1 unspecified atom stereocenters. The van der Waals surface area contributed by atoms with Crippen molar-refractivity contribution in [2.75, 3.05) is 19.6 Å². The van der Waals surface area contributed by atoms with Gasteiger partial charge in [0, 0.05) is 13.1 Å². The molecule has 1 aliphatic heterocycles. The van der Waals surface area contributed by atoms with Crippen LogP contribution >= 0.6 is 0 Å². The van der Waals surface area contributed by atoms with Crippen molar-refractivity contribution in [2.24, 2.45) is 11.8 Å². The first-order valence-corrected chi connectivity index (χ1v) is 6.96. The third-order valence-corrected chi connectivity index (χ3v) is 4.49. The highest BCUT2D eigenvalue weighted by Gasteiger charge is 2.52. The van der Waals surface area contributed by atoms with Crippen LogP contribution in [0.5, 0.6) is 0 Å². The van der Waals surface area contributed by atoms with E-state index in [-0.39, 0.29) is 18.4 Å². The molecule has 19 heavy (non-hydrogen) atoms. The molecule has 0 radical (unpaired) electrons. The van der Waals surface area contributed by atoms with E-state index in [4.69, 9.17) is 5.26 Å². The molecular weight excluding hydrogens is 242 g/mol. The van der Waals surface area contributed by atoms with Crippen LogP contribution in [0.2, 0.25) is 0 Å². The smallest absolute Gasteiger partial charge is 0.235 e. The Morgan fingerprint density at radius 3 is 2.58 bits per heavy atom. The monoisotopic (exact) mass is 265 g/mol. The highest BCUT2D eigenvalue weighted by atomic mass is 16.3. The Balaban J connectivity index is 1.78. The zero-order valence-electron chi connectivity index (χ0n) is 11.9. The molecule has 0 bridgehead atoms. The molecule has 1 atom stereocenters. The lowest BCUT2D eigenvalue weighted by molar-refractivity contribution is -0.137. The number of β-amino-alcohol motifs (C(OH)–C–C–N with tert-alkyl or cyclic N) is 1. The SMILES string of the molecule is CC(C)C(C)(C#N)NC(=O)CN1CC(O)(C2CC2)C1. The van der Waals surface area contributed by atoms with E-state index in [1.807, 2.05) is 18.7 Å². The molecule has 106 valence electrons. The topological polar surface area (TPSA) is 76.4 Å². The lowest BCUT2D eigenvalue weighted by Crippen LogP contribution is -2.65. The van der Waals surface area contributed by atoms with Crippen molar-refractivity contribution in [3.8, 4) is 6.07 Å². The van der Waals surface area contributed by atoms with Crippen LogP contribution in [0.1, 0.15) is 33.6 Å². The van der Waals surface area contributed by atoms with Gasteiger partial charge in [-0.2, -0.15) is 5.26 Å². The van der Waals surface area contributed by atoms with Crippen molar-refractivity contribution in [2.45, 2.75) is 44.8 Å². The second-order valence-electron chi connectivity index (χ2n) is 6.54. The molecule has 1 saturated heterocycles. The Bertz CT molecular complexity index is 405. The molecule has 1 aliphatic carbocycles. The Morgan fingerprint density at radius 1 is 1.58 bits per heavy atom. The molecule has 2 aliphatic rings. The van der Waals surface area contributed by atoms with Crippen molar-refractivity contribution < 1.29 is 9.90 Å². The highest BCUT2D eigenvalue weighted by molar-refractivity contribution is 5.79. The number of hydrogen-bond donors (Lipinski definition) is 2. The van der Waals surface area contributed by atoms with E-state index in [0.717, 1.165) is 12.8 Å². The van der Waals surface area contributed by atoms with Crippen LogP contribution in [0.15, 0.2) is 0 Å². The fourth-order valence-electron chi connectivity index (χ4n) is 2.55. The molecule has 0 aromatic carbocycles. The normalized spacial score (nSPS) is 25.3. The largest absolute Gasteiger partial charge is 0.387 e. The summed E-state index contributed by atoms with van der Waals surface area (Å²) in [6.07, 6.45) is 2.22. The predicted octanol–water partition coefficient (Wildman–Crippen LogP) is 0.498. The molecule has 2 rings (SSSR count). The van der Waals surface area contributed by atoms with E-state index >= 15 is 0 Å². The van der Waals surface area contributed by atoms with Crippen molar-refractivity contribution in [3.05, 3.63) is 0 Å². The first-order valence-electron chi connectivity index (χ1n) is 6.96. The first-order chi connectivity index (χ1) is 8.79. The summed E-state index contributed by atoms with van der Waals surface area (Å²) in [5, 5.41) is 22.1. The fraction of sp³-hybridized carbons (Fsp3) is 0.857. The number of rotatable bonds is 5. The molecule has 0 aromatic heterocycles. The summed E-state index contributed by atoms with van der Waals surface area (Å²) < 4.78 is 0. The van der Waals surface area contributed by atoms with Crippen LogP contribution in [-0.2, 0) is 4.79 Å². The van der Waals surface area contributed by atoms with Gasteiger partial charge in [0.2, 0.25) is 5.91 Å². The number of amides is 1. The van der Waals surface area contributed by atoms with Crippen LogP contribution < -0.4 is 5.32 Å². The standard InChI is InChI=1S/C14H23N3O2/c1-10(2)13(3,7-15)16-12(18)6-17-8-14(19,9-17)11-4-5-11/h10-11,19H,4-6,8-9H2,1-3H3,(H,16,18). The van der Waals surface area contributed by atoms with Crippen LogP contribution in [0.4, 0.5) is 0 Å². The van der Waals surface area contributed by atoms with Crippen molar-refractivity contribution in [3.63, 3.8) is 0 Å². The number of nitriles is 1. The van der Waals surface area contributed by atoms with Gasteiger partial charge in [-0.15, -0.1) is 0 Å². The van der Waals surface area contributed by atoms with Gasteiger partial charge >= 0.3 is 0 Å². The van der Waals surface area contributed by atoms with Gasteiger partial charge in [0.25, 0.3) is 0 Å². The number of nitrogens with zero attached hydrogens (tertiary/aromatic N) is 2. The summed E-state index contributed by atoms with van der Waals surface area (Å²) in [7, 11) is 0. The fourth-order valence-corrected chi connectivity index (χ4v) is 2.55. The second-order valence-corrected chi connectivity index (χ2v) is 6.54. The number of nitrogens with one attached hydrogen (secondary N) is 1. The van der Waals surface area contributed by atoms with Gasteiger partial charge in [-0.25, -0.2) is 0 Å². The lowest BCUT2D eigenvalue weighted by Gasteiger charge is -2.47. The number of likely N-dealkylation sites (tertiary alicyclic amines) is 1. The summed E-state index contributed by atoms with van der Waals surface area (Å²) in [6.45, 7) is 7.00. The maximum atomic E-state index is 11.9. The van der Waals surface area contributed by atoms with Crippen LogP contribution in [-0.4, -0.2) is 46.7 Å². The number of carbonyl (C=O) groups is 1. The Kier molecular flexibility index (Phi) is 3.59. The lowest BCUT2D eigenvalue weighted by atomic mass is 9.88. The Hall–Kier alpha value is -1.12. The van der Waals surface area contributed by atoms with Crippen LogP contribution in [0.3, 0.4) is 0 Å². The van der Waals surface area contributed by atoms with Crippen molar-refractivity contribution >= 4 is 5.91 Å². The first kappa shape index (κ1) is 14.3. The van der Waals surface area contributed by atoms with E-state index < -0.39 is 11.1 Å². The summed E-state index contributed by atoms with van der Waals surface area (Å²) >= 11 is 0. The Morgan fingerprint density at radius 2 is 2.16 bits per heavy atom. The maximum Gasteiger partial charge on any atom is 0.235 e. The zero-order chi connectivity index (χ0) is 14.3. The maximum absolute atomic E-state index is 11.9. The average Bonchev–Trinajstić information content (AvgIpc) is 3.10. The third-order valence-electron chi connectivity index (χ3n) is 4.49. The minimum atomic E-state index is -0.825. The number of hydrogen-bond acceptors (Lipinski definition) is 4. The van der Waals surface area contributed by atoms with Gasteiger partial charge in [-0.05, 0) is 31.6 Å². The van der Waals surface area contributed by atoms with Gasteiger partial charge in [0.15, 0.2) is 0 Å². The molecule has 0 aromatic rings. The van der Waals surface area contributed by atoms with Crippen molar-refractivity contribution in [1.29, 1.82) is 5.26 Å². The van der Waals surface area contributed by atoms with E-state index in [9.17, 15) is 9.90 Å². The van der Waals surface area contributed by atoms with Gasteiger partial charge < -0.3 is 10.4 Å². The minimum absolute atomic E-state index is 0.0567. The van der Waals surface area contributed by atoms with Crippen LogP contribution in [0, 0.1) is 23.2 Å². The molecule has 0 spiro atoms. The summed E-state index contributed by atoms with van der Waals surface area (Å²) in [5.41, 5.74) is -1.38. The van der Waals surface area contributed by atoms with E-state index in [0.29, 0.717) is 19.0 Å². The molecule has 2 fully saturated rings. The predicted molar refractivity (Wildman–Crippen MR) is 71.1 cm³/mol. The van der Waals surface area contributed by atoms with Gasteiger partial charge in [-0.1, -0.05) is 13.8 Å². The average molecular weight is 265 g/mol. The third kappa shape index (κ3) is 2.90. The summed E-state index contributed by atoms with van der Waals surface area (Å²) in [5.74, 6) is 0.351. The molecule has 1 saturated carbocycles. The molecule has 5 nitrogen and oxygen atoms in total. The number of aliphatic hydroxyl groups is 1. The van der Waals surface area contributed by atoms with Gasteiger partial charge in [0.05, 0.1) is 18.2 Å². The summed E-state index contributed by atoms with van der Waals surface area (Å²) in [6, 6.07) is 2.16. The quantitative estimate of drug-likeness (QED) is 0.759. The zero-order valence-corrected chi connectivity index (χ0v) is 11.9. The second kappa shape index (κ2) is 4.77. The molecule has 1 amide bonds. The highest BCUT2D eigenvalue weighted by Crippen LogP contribution is 2.44. The Labute approximate surface area is 114 Å². The number of carbonyl (C=O) groups excluding carboxylic acids is 1. The van der Waals surface area contributed by atoms with Gasteiger partial charge in [-0.3, -0.25) is 9.69 Å². The van der Waals surface area contributed by atoms with Crippen molar-refractivity contribution in [1.82, 2.24) is 10.2 Å². The molecule has 1 heterocycles. The minimum Gasteiger partial charge on any atom is -0.387 e. The van der Waals surface area contributed by atoms with Crippen LogP contribution in [0.25, 0.3) is 0 Å². The van der Waals surface area contributed by atoms with E-state index in [2.05, 4.69) is 11.4 Å². The van der Waals surface area contributed by atoms with E-state index in [1.165, 1.54) is 0 Å². The summed E-state index contributed by atoms with van der Waals surface area (Å²) in [4.78, 5) is 13.9. The molecule has 2 N–H and O–H groups in total.